The SMILES string of the molecule is [NH]Cc1ccccc1N1CCCC1. The maximum absolute atomic E-state index is 7.42. The molecule has 2 nitrogen and oxygen atoms in total. The summed E-state index contributed by atoms with van der Waals surface area (Å²) in [7, 11) is 0. The van der Waals surface area contributed by atoms with Crippen molar-refractivity contribution >= 4 is 5.69 Å². The molecule has 0 unspecified atom stereocenters. The van der Waals surface area contributed by atoms with Crippen LogP contribution in [0.2, 0.25) is 0 Å². The Balaban J connectivity index is 2.26. The van der Waals surface area contributed by atoms with E-state index in [0.717, 1.165) is 18.7 Å². The molecule has 0 saturated carbocycles. The summed E-state index contributed by atoms with van der Waals surface area (Å²) in [6, 6.07) is 8.27. The zero-order chi connectivity index (χ0) is 9.10. The summed E-state index contributed by atoms with van der Waals surface area (Å²) < 4.78 is 0. The summed E-state index contributed by atoms with van der Waals surface area (Å²) in [5, 5.41) is 0. The van der Waals surface area contributed by atoms with E-state index in [1.807, 2.05) is 6.07 Å². The zero-order valence-electron chi connectivity index (χ0n) is 7.79. The molecule has 1 fully saturated rings. The monoisotopic (exact) mass is 175 g/mol. The maximum atomic E-state index is 7.42. The second-order valence-electron chi connectivity index (χ2n) is 3.50. The van der Waals surface area contributed by atoms with Crippen molar-refractivity contribution in [3.63, 3.8) is 0 Å². The van der Waals surface area contributed by atoms with Gasteiger partial charge in [0.2, 0.25) is 0 Å². The van der Waals surface area contributed by atoms with E-state index >= 15 is 0 Å². The molecule has 1 aromatic carbocycles. The topological polar surface area (TPSA) is 27.0 Å². The van der Waals surface area contributed by atoms with Crippen LogP contribution < -0.4 is 10.6 Å². The minimum absolute atomic E-state index is 0.396. The zero-order valence-corrected chi connectivity index (χ0v) is 7.79. The Morgan fingerprint density at radius 3 is 2.54 bits per heavy atom. The lowest BCUT2D eigenvalue weighted by Gasteiger charge is -2.20. The molecule has 13 heavy (non-hydrogen) atoms. The molecule has 1 saturated heterocycles. The summed E-state index contributed by atoms with van der Waals surface area (Å²) in [4.78, 5) is 2.39. The molecule has 0 aliphatic carbocycles. The summed E-state index contributed by atoms with van der Waals surface area (Å²) >= 11 is 0. The Kier molecular flexibility index (Phi) is 2.50. The van der Waals surface area contributed by atoms with E-state index in [-0.39, 0.29) is 0 Å². The first-order valence-corrected chi connectivity index (χ1v) is 4.89. The average Bonchev–Trinajstić information content (AvgIpc) is 2.70. The number of nitrogens with one attached hydrogen (secondary N) is 1. The number of para-hydroxylation sites is 1. The molecule has 0 amide bonds. The lowest BCUT2D eigenvalue weighted by molar-refractivity contribution is 0.932. The van der Waals surface area contributed by atoms with E-state index in [2.05, 4.69) is 23.1 Å². The molecule has 1 aliphatic rings. The molecule has 1 radical (unpaired) electrons. The largest absolute Gasteiger partial charge is 0.371 e. The van der Waals surface area contributed by atoms with Gasteiger partial charge in [0.05, 0.1) is 0 Å². The smallest absolute Gasteiger partial charge is 0.0412 e. The fourth-order valence-electron chi connectivity index (χ4n) is 1.93. The van der Waals surface area contributed by atoms with Gasteiger partial charge in [-0.2, -0.15) is 0 Å². The fourth-order valence-corrected chi connectivity index (χ4v) is 1.93. The van der Waals surface area contributed by atoms with Crippen molar-refractivity contribution in [3.05, 3.63) is 29.8 Å². The molecule has 0 bridgehead atoms. The van der Waals surface area contributed by atoms with Crippen LogP contribution in [0, 0.1) is 0 Å². The normalized spacial score (nSPS) is 16.5. The van der Waals surface area contributed by atoms with Crippen LogP contribution in [-0.2, 0) is 6.54 Å². The molecule has 0 spiro atoms. The molecule has 69 valence electrons. The number of hydrogen-bond donors (Lipinski definition) is 0. The van der Waals surface area contributed by atoms with Crippen LogP contribution in [0.25, 0.3) is 0 Å². The molecular weight excluding hydrogens is 160 g/mol. The quantitative estimate of drug-likeness (QED) is 0.676. The number of anilines is 1. The maximum Gasteiger partial charge on any atom is 0.0412 e. The van der Waals surface area contributed by atoms with Crippen molar-refractivity contribution < 1.29 is 0 Å². The molecule has 1 aliphatic heterocycles. The van der Waals surface area contributed by atoms with Crippen LogP contribution in [-0.4, -0.2) is 13.1 Å². The van der Waals surface area contributed by atoms with Crippen molar-refractivity contribution in [2.75, 3.05) is 18.0 Å². The molecule has 2 rings (SSSR count). The van der Waals surface area contributed by atoms with Gasteiger partial charge in [-0.15, -0.1) is 0 Å². The number of nitrogens with zero attached hydrogens (tertiary/aromatic N) is 1. The van der Waals surface area contributed by atoms with Gasteiger partial charge in [0.1, 0.15) is 0 Å². The van der Waals surface area contributed by atoms with Gasteiger partial charge in [-0.1, -0.05) is 18.2 Å². The van der Waals surface area contributed by atoms with Gasteiger partial charge < -0.3 is 4.90 Å². The summed E-state index contributed by atoms with van der Waals surface area (Å²) in [5.74, 6) is 0. The molecule has 1 heterocycles. The predicted octanol–water partition coefficient (Wildman–Crippen LogP) is 2.07. The number of hydrogen-bond acceptors (Lipinski definition) is 1. The van der Waals surface area contributed by atoms with Crippen molar-refractivity contribution in [2.45, 2.75) is 19.4 Å². The Hall–Kier alpha value is -1.02. The first-order chi connectivity index (χ1) is 6.42. The summed E-state index contributed by atoms with van der Waals surface area (Å²) in [5.41, 5.74) is 9.85. The molecule has 0 aromatic heterocycles. The number of rotatable bonds is 2. The minimum atomic E-state index is 0.396. The summed E-state index contributed by atoms with van der Waals surface area (Å²) in [6.07, 6.45) is 2.60. The van der Waals surface area contributed by atoms with E-state index in [1.54, 1.807) is 0 Å². The van der Waals surface area contributed by atoms with Crippen molar-refractivity contribution in [3.8, 4) is 0 Å². The highest BCUT2D eigenvalue weighted by atomic mass is 15.1. The number of benzene rings is 1. The van der Waals surface area contributed by atoms with Gasteiger partial charge in [0.25, 0.3) is 0 Å². The standard InChI is InChI=1S/C11H15N2/c12-9-10-5-1-2-6-11(10)13-7-3-4-8-13/h1-2,5-6,12H,3-4,7-9H2. The van der Waals surface area contributed by atoms with E-state index in [1.165, 1.54) is 18.5 Å². The van der Waals surface area contributed by atoms with Gasteiger partial charge >= 0.3 is 0 Å². The Morgan fingerprint density at radius 1 is 1.15 bits per heavy atom. The lowest BCUT2D eigenvalue weighted by atomic mass is 10.1. The van der Waals surface area contributed by atoms with Crippen molar-refractivity contribution in [2.24, 2.45) is 0 Å². The molecule has 1 aromatic rings. The molecule has 0 atom stereocenters. The second kappa shape index (κ2) is 3.79. The van der Waals surface area contributed by atoms with E-state index in [0.29, 0.717) is 6.54 Å². The fraction of sp³-hybridized carbons (Fsp3) is 0.455. The highest BCUT2D eigenvalue weighted by Gasteiger charge is 2.14. The van der Waals surface area contributed by atoms with Gasteiger partial charge in [-0.3, -0.25) is 5.73 Å². The summed E-state index contributed by atoms with van der Waals surface area (Å²) in [6.45, 7) is 2.72. The lowest BCUT2D eigenvalue weighted by Crippen LogP contribution is -2.19. The predicted molar refractivity (Wildman–Crippen MR) is 54.7 cm³/mol. The molecule has 1 N–H and O–H groups in total. The van der Waals surface area contributed by atoms with Crippen LogP contribution in [0.5, 0.6) is 0 Å². The van der Waals surface area contributed by atoms with Gasteiger partial charge in [0, 0.05) is 25.3 Å². The van der Waals surface area contributed by atoms with E-state index < -0.39 is 0 Å². The third kappa shape index (κ3) is 1.68. The molecular formula is C11H15N2. The van der Waals surface area contributed by atoms with Crippen LogP contribution in [0.4, 0.5) is 5.69 Å². The highest BCUT2D eigenvalue weighted by Crippen LogP contribution is 2.23. The van der Waals surface area contributed by atoms with E-state index in [9.17, 15) is 0 Å². The van der Waals surface area contributed by atoms with Crippen molar-refractivity contribution in [1.29, 1.82) is 0 Å². The van der Waals surface area contributed by atoms with Crippen LogP contribution in [0.15, 0.2) is 24.3 Å². The van der Waals surface area contributed by atoms with E-state index in [4.69, 9.17) is 5.73 Å². The second-order valence-corrected chi connectivity index (χ2v) is 3.50. The van der Waals surface area contributed by atoms with Gasteiger partial charge in [-0.05, 0) is 24.5 Å². The first kappa shape index (κ1) is 8.57. The third-order valence-corrected chi connectivity index (χ3v) is 2.63. The van der Waals surface area contributed by atoms with Crippen LogP contribution in [0.3, 0.4) is 0 Å². The molecule has 2 heteroatoms. The highest BCUT2D eigenvalue weighted by molar-refractivity contribution is 5.54. The Morgan fingerprint density at radius 2 is 1.85 bits per heavy atom. The third-order valence-electron chi connectivity index (χ3n) is 2.63. The van der Waals surface area contributed by atoms with Crippen molar-refractivity contribution in [1.82, 2.24) is 5.73 Å². The van der Waals surface area contributed by atoms with Crippen LogP contribution >= 0.6 is 0 Å². The average molecular weight is 175 g/mol. The van der Waals surface area contributed by atoms with Crippen LogP contribution in [0.1, 0.15) is 18.4 Å². The Labute approximate surface area is 79.4 Å². The van der Waals surface area contributed by atoms with Gasteiger partial charge in [-0.25, -0.2) is 0 Å². The van der Waals surface area contributed by atoms with Gasteiger partial charge in [0.15, 0.2) is 0 Å². The first-order valence-electron chi connectivity index (χ1n) is 4.89. The Bertz CT molecular complexity index is 277. The minimum Gasteiger partial charge on any atom is -0.371 e.